The molecule has 0 saturated carbocycles. The minimum absolute atomic E-state index is 0.715. The van der Waals surface area contributed by atoms with Gasteiger partial charge in [-0.15, -0.1) is 25.3 Å². The van der Waals surface area contributed by atoms with Crippen LogP contribution in [0.4, 0.5) is 0 Å². The Morgan fingerprint density at radius 3 is 1.25 bits per heavy atom. The summed E-state index contributed by atoms with van der Waals surface area (Å²) in [7, 11) is 0. The fourth-order valence-corrected chi connectivity index (χ4v) is 0.743. The van der Waals surface area contributed by atoms with Crippen LogP contribution < -0.4 is 0 Å². The third-order valence-corrected chi connectivity index (χ3v) is 2.35. The van der Waals surface area contributed by atoms with Gasteiger partial charge in [-0.25, -0.2) is 0 Å². The number of thiol groups is 4. The zero-order chi connectivity index (χ0) is 6.57. The minimum Gasteiger partial charge on any atom is -0.150 e. The molecule has 0 aliphatic heterocycles. The lowest BCUT2D eigenvalue weighted by molar-refractivity contribution is 1.97. The molecule has 0 atom stereocenters. The zero-order valence-corrected chi connectivity index (χ0v) is 7.52. The third-order valence-electron chi connectivity index (χ3n) is 0.507. The van der Waals surface area contributed by atoms with E-state index in [1.54, 1.807) is 10.8 Å². The van der Waals surface area contributed by atoms with Crippen LogP contribution in [0.25, 0.3) is 0 Å². The second kappa shape index (κ2) is 4.73. The van der Waals surface area contributed by atoms with Gasteiger partial charge in [0.15, 0.2) is 0 Å². The van der Waals surface area contributed by atoms with E-state index >= 15 is 0 Å². The van der Waals surface area contributed by atoms with E-state index < -0.39 is 0 Å². The van der Waals surface area contributed by atoms with Crippen LogP contribution in [-0.2, 0) is 0 Å². The van der Waals surface area contributed by atoms with Gasteiger partial charge in [-0.2, -0.15) is 25.3 Å². The Morgan fingerprint density at radius 2 is 1.12 bits per heavy atom. The van der Waals surface area contributed by atoms with Crippen molar-refractivity contribution in [3.05, 3.63) is 20.6 Å². The van der Waals surface area contributed by atoms with Crippen LogP contribution in [0.15, 0.2) is 20.6 Å². The first kappa shape index (κ1) is 8.88. The van der Waals surface area contributed by atoms with Crippen molar-refractivity contribution in [3.63, 3.8) is 0 Å². The first-order valence-corrected chi connectivity index (χ1v) is 3.72. The summed E-state index contributed by atoms with van der Waals surface area (Å²) in [6, 6.07) is 0. The van der Waals surface area contributed by atoms with E-state index in [4.69, 9.17) is 0 Å². The Bertz CT molecular complexity index is 108. The van der Waals surface area contributed by atoms with Gasteiger partial charge >= 0.3 is 0 Å². The van der Waals surface area contributed by atoms with E-state index in [2.05, 4.69) is 50.5 Å². The monoisotopic (exact) mass is 182 g/mol. The first-order valence-electron chi connectivity index (χ1n) is 1.79. The fraction of sp³-hybridized carbons (Fsp3) is 0. The molecule has 0 aromatic heterocycles. The second-order valence-corrected chi connectivity index (χ2v) is 2.51. The molecule has 0 unspecified atom stereocenters. The predicted octanol–water partition coefficient (Wildman–Crippen LogP) is 2.39. The Morgan fingerprint density at radius 1 is 0.875 bits per heavy atom. The summed E-state index contributed by atoms with van der Waals surface area (Å²) in [4.78, 5) is 1.43. The van der Waals surface area contributed by atoms with Gasteiger partial charge in [0, 0.05) is 9.81 Å². The van der Waals surface area contributed by atoms with Crippen LogP contribution in [0.1, 0.15) is 0 Å². The Balaban J connectivity index is 4.04. The summed E-state index contributed by atoms with van der Waals surface area (Å²) in [5, 5.41) is 3.11. The lowest BCUT2D eigenvalue weighted by Crippen LogP contribution is -1.65. The summed E-state index contributed by atoms with van der Waals surface area (Å²) in [6.45, 7) is 0. The molecule has 0 bridgehead atoms. The van der Waals surface area contributed by atoms with Crippen LogP contribution in [0.2, 0.25) is 0 Å². The first-order chi connectivity index (χ1) is 3.72. The fourth-order valence-electron chi connectivity index (χ4n) is 0.132. The molecule has 46 valence electrons. The van der Waals surface area contributed by atoms with E-state index in [1.807, 2.05) is 0 Å². The molecule has 0 aliphatic carbocycles. The standard InChI is InChI=1S/C4H6S4/c5-1-3(7)4(8)2-6/h1-2,5-8H. The molecule has 8 heavy (non-hydrogen) atoms. The maximum Gasteiger partial charge on any atom is 0.0240 e. The Labute approximate surface area is 71.1 Å². The van der Waals surface area contributed by atoms with Gasteiger partial charge in [0.25, 0.3) is 0 Å². The van der Waals surface area contributed by atoms with E-state index in [0.29, 0.717) is 9.81 Å². The maximum absolute atomic E-state index is 4.00. The quantitative estimate of drug-likeness (QED) is 0.347. The predicted molar refractivity (Wildman–Crippen MR) is 52.1 cm³/mol. The summed E-state index contributed by atoms with van der Waals surface area (Å²) in [5.41, 5.74) is 0. The Kier molecular flexibility index (Phi) is 5.25. The van der Waals surface area contributed by atoms with Crippen molar-refractivity contribution in [2.24, 2.45) is 0 Å². The number of hydrogen-bond donors (Lipinski definition) is 4. The molecule has 0 aromatic carbocycles. The number of hydrogen-bond acceptors (Lipinski definition) is 4. The smallest absolute Gasteiger partial charge is 0.0240 e. The van der Waals surface area contributed by atoms with Gasteiger partial charge in [0.2, 0.25) is 0 Å². The highest BCUT2D eigenvalue weighted by Gasteiger charge is 1.88. The number of rotatable bonds is 1. The molecule has 4 heteroatoms. The van der Waals surface area contributed by atoms with E-state index in [1.165, 1.54) is 0 Å². The van der Waals surface area contributed by atoms with Crippen LogP contribution in [-0.4, -0.2) is 0 Å². The molecule has 0 nitrogen and oxygen atoms in total. The molecule has 0 aromatic rings. The highest BCUT2D eigenvalue weighted by atomic mass is 32.1. The van der Waals surface area contributed by atoms with Crippen molar-refractivity contribution in [2.75, 3.05) is 0 Å². The SMILES string of the molecule is SC=C(S)C(S)=CS. The molecule has 0 saturated heterocycles. The van der Waals surface area contributed by atoms with Crippen molar-refractivity contribution >= 4 is 50.5 Å². The van der Waals surface area contributed by atoms with Crippen molar-refractivity contribution in [1.82, 2.24) is 0 Å². The largest absolute Gasteiger partial charge is 0.150 e. The molecule has 0 rings (SSSR count). The van der Waals surface area contributed by atoms with Gasteiger partial charge in [-0.3, -0.25) is 0 Å². The normalized spacial score (nSPS) is 14.5. The average Bonchev–Trinajstić information content (AvgIpc) is 1.84. The second-order valence-electron chi connectivity index (χ2n) is 1.03. The molecular weight excluding hydrogens is 176 g/mol. The van der Waals surface area contributed by atoms with Crippen molar-refractivity contribution in [3.8, 4) is 0 Å². The molecule has 0 N–H and O–H groups in total. The molecule has 0 spiro atoms. The van der Waals surface area contributed by atoms with Crippen molar-refractivity contribution in [1.29, 1.82) is 0 Å². The highest BCUT2D eigenvalue weighted by molar-refractivity contribution is 7.92. The van der Waals surface area contributed by atoms with Gasteiger partial charge in [0.05, 0.1) is 0 Å². The summed E-state index contributed by atoms with van der Waals surface area (Å²) in [6.07, 6.45) is 0. The third kappa shape index (κ3) is 3.02. The molecule has 0 aliphatic rings. The Hall–Kier alpha value is 0.880. The molecule has 0 fully saturated rings. The lowest BCUT2D eigenvalue weighted by Gasteiger charge is -1.91. The molecule has 0 radical (unpaired) electrons. The summed E-state index contributed by atoms with van der Waals surface area (Å²) >= 11 is 15.7. The lowest BCUT2D eigenvalue weighted by atomic mass is 10.6. The van der Waals surface area contributed by atoms with Crippen molar-refractivity contribution < 1.29 is 0 Å². The average molecular weight is 182 g/mol. The summed E-state index contributed by atoms with van der Waals surface area (Å²) in [5.74, 6) is 0. The minimum atomic E-state index is 0.715. The highest BCUT2D eigenvalue weighted by Crippen LogP contribution is 2.18. The van der Waals surface area contributed by atoms with Gasteiger partial charge in [-0.1, -0.05) is 0 Å². The molecular formula is C4H6S4. The van der Waals surface area contributed by atoms with E-state index in [-0.39, 0.29) is 0 Å². The van der Waals surface area contributed by atoms with Gasteiger partial charge < -0.3 is 0 Å². The van der Waals surface area contributed by atoms with Gasteiger partial charge in [-0.05, 0) is 10.8 Å². The molecule has 0 heterocycles. The zero-order valence-electron chi connectivity index (χ0n) is 3.94. The van der Waals surface area contributed by atoms with Gasteiger partial charge in [0.1, 0.15) is 0 Å². The van der Waals surface area contributed by atoms with Crippen molar-refractivity contribution in [2.45, 2.75) is 0 Å². The topological polar surface area (TPSA) is 0 Å². The molecule has 0 amide bonds. The van der Waals surface area contributed by atoms with E-state index in [0.717, 1.165) is 0 Å². The van der Waals surface area contributed by atoms with Crippen LogP contribution >= 0.6 is 50.5 Å². The van der Waals surface area contributed by atoms with Crippen LogP contribution in [0.3, 0.4) is 0 Å². The van der Waals surface area contributed by atoms with E-state index in [9.17, 15) is 0 Å². The van der Waals surface area contributed by atoms with Crippen LogP contribution in [0.5, 0.6) is 0 Å². The van der Waals surface area contributed by atoms with Crippen LogP contribution in [0, 0.1) is 0 Å². The maximum atomic E-state index is 4.00. The summed E-state index contributed by atoms with van der Waals surface area (Å²) < 4.78 is 0.